The molecule has 1 aromatic heterocycles. The van der Waals surface area contributed by atoms with Crippen LogP contribution in [-0.2, 0) is 11.5 Å². The van der Waals surface area contributed by atoms with Crippen LogP contribution in [0.2, 0.25) is 0 Å². The smallest absolute Gasteiger partial charge is 0.139 e. The average Bonchev–Trinajstić information content (AvgIpc) is 2.60. The van der Waals surface area contributed by atoms with Gasteiger partial charge in [0.1, 0.15) is 6.73 Å². The predicted octanol–water partition coefficient (Wildman–Crippen LogP) is 1.78. The van der Waals surface area contributed by atoms with Crippen LogP contribution in [0, 0.1) is 0 Å². The molecule has 2 aromatic rings. The van der Waals surface area contributed by atoms with Crippen molar-refractivity contribution in [2.75, 3.05) is 12.3 Å². The van der Waals surface area contributed by atoms with Gasteiger partial charge < -0.3 is 10.5 Å². The third-order valence-electron chi connectivity index (χ3n) is 2.04. The highest BCUT2D eigenvalue weighted by atomic mass is 16.5. The van der Waals surface area contributed by atoms with Gasteiger partial charge in [-0.15, -0.1) is 6.58 Å². The van der Waals surface area contributed by atoms with Crippen LogP contribution in [0.3, 0.4) is 0 Å². The number of fused-ring (bicyclic) bond motifs is 1. The van der Waals surface area contributed by atoms with E-state index in [0.717, 1.165) is 16.6 Å². The number of anilines is 1. The van der Waals surface area contributed by atoms with Gasteiger partial charge in [0.15, 0.2) is 0 Å². The lowest BCUT2D eigenvalue weighted by Gasteiger charge is -1.99. The van der Waals surface area contributed by atoms with Crippen molar-refractivity contribution < 1.29 is 4.74 Å². The molecule has 2 rings (SSSR count). The number of nitrogen functional groups attached to an aromatic ring is 1. The van der Waals surface area contributed by atoms with Gasteiger partial charge in [-0.1, -0.05) is 6.08 Å². The Bertz CT molecular complexity index is 476. The zero-order chi connectivity index (χ0) is 10.7. The maximum atomic E-state index is 5.66. The van der Waals surface area contributed by atoms with Gasteiger partial charge in [0.05, 0.1) is 12.1 Å². The van der Waals surface area contributed by atoms with Crippen LogP contribution in [0.5, 0.6) is 0 Å². The van der Waals surface area contributed by atoms with Gasteiger partial charge in [0.2, 0.25) is 0 Å². The summed E-state index contributed by atoms with van der Waals surface area (Å²) in [7, 11) is 0. The van der Waals surface area contributed by atoms with Gasteiger partial charge >= 0.3 is 0 Å². The maximum absolute atomic E-state index is 5.66. The molecule has 15 heavy (non-hydrogen) atoms. The van der Waals surface area contributed by atoms with E-state index >= 15 is 0 Å². The van der Waals surface area contributed by atoms with Crippen LogP contribution in [0.15, 0.2) is 37.1 Å². The Morgan fingerprint density at radius 3 is 3.20 bits per heavy atom. The molecule has 1 heterocycles. The lowest BCUT2D eigenvalue weighted by atomic mass is 10.2. The van der Waals surface area contributed by atoms with Crippen LogP contribution >= 0.6 is 0 Å². The van der Waals surface area contributed by atoms with Crippen LogP contribution in [0.4, 0.5) is 5.69 Å². The van der Waals surface area contributed by atoms with Gasteiger partial charge in [-0.05, 0) is 18.2 Å². The number of rotatable bonds is 4. The number of aromatic nitrogens is 2. The molecule has 0 aliphatic rings. The topological polar surface area (TPSA) is 53.1 Å². The molecular formula is C11H13N3O. The second-order valence-corrected chi connectivity index (χ2v) is 3.28. The minimum atomic E-state index is 0.431. The number of ether oxygens (including phenoxy) is 1. The van der Waals surface area contributed by atoms with Gasteiger partial charge in [-0.2, -0.15) is 5.10 Å². The molecule has 2 N–H and O–H groups in total. The van der Waals surface area contributed by atoms with Crippen LogP contribution in [0.25, 0.3) is 10.9 Å². The van der Waals surface area contributed by atoms with E-state index in [1.807, 2.05) is 24.4 Å². The summed E-state index contributed by atoms with van der Waals surface area (Å²) in [5, 5.41) is 5.38. The molecule has 0 unspecified atom stereocenters. The lowest BCUT2D eigenvalue weighted by Crippen LogP contribution is -2.02. The number of nitrogens with zero attached hydrogens (tertiary/aromatic N) is 2. The minimum Gasteiger partial charge on any atom is -0.399 e. The second-order valence-electron chi connectivity index (χ2n) is 3.28. The van der Waals surface area contributed by atoms with E-state index < -0.39 is 0 Å². The molecule has 0 bridgehead atoms. The first kappa shape index (κ1) is 9.73. The van der Waals surface area contributed by atoms with Crippen molar-refractivity contribution in [3.8, 4) is 0 Å². The Balaban J connectivity index is 2.19. The highest BCUT2D eigenvalue weighted by molar-refractivity contribution is 5.81. The van der Waals surface area contributed by atoms with Crippen molar-refractivity contribution in [3.63, 3.8) is 0 Å². The Hall–Kier alpha value is -1.81. The number of benzene rings is 1. The normalized spacial score (nSPS) is 10.7. The summed E-state index contributed by atoms with van der Waals surface area (Å²) < 4.78 is 7.02. The predicted molar refractivity (Wildman–Crippen MR) is 60.3 cm³/mol. The Morgan fingerprint density at radius 1 is 1.53 bits per heavy atom. The van der Waals surface area contributed by atoms with Crippen molar-refractivity contribution in [3.05, 3.63) is 37.1 Å². The third-order valence-corrected chi connectivity index (χ3v) is 2.04. The van der Waals surface area contributed by atoms with E-state index in [4.69, 9.17) is 10.5 Å². The largest absolute Gasteiger partial charge is 0.399 e. The van der Waals surface area contributed by atoms with Crippen LogP contribution < -0.4 is 5.73 Å². The number of nitrogens with two attached hydrogens (primary N) is 1. The van der Waals surface area contributed by atoms with Crippen LogP contribution in [0.1, 0.15) is 0 Å². The van der Waals surface area contributed by atoms with E-state index in [1.165, 1.54) is 0 Å². The van der Waals surface area contributed by atoms with Crippen molar-refractivity contribution >= 4 is 16.6 Å². The van der Waals surface area contributed by atoms with E-state index in [1.54, 1.807) is 10.8 Å². The molecule has 0 saturated carbocycles. The molecule has 0 saturated heterocycles. The Kier molecular flexibility index (Phi) is 2.69. The third kappa shape index (κ3) is 2.16. The molecule has 0 aliphatic heterocycles. The second kappa shape index (κ2) is 4.14. The van der Waals surface area contributed by atoms with E-state index in [9.17, 15) is 0 Å². The Morgan fingerprint density at radius 2 is 2.40 bits per heavy atom. The average molecular weight is 203 g/mol. The van der Waals surface area contributed by atoms with Gasteiger partial charge in [0.25, 0.3) is 0 Å². The highest BCUT2D eigenvalue weighted by Gasteiger charge is 2.00. The van der Waals surface area contributed by atoms with Gasteiger partial charge in [-0.25, -0.2) is 4.68 Å². The fourth-order valence-corrected chi connectivity index (χ4v) is 1.38. The lowest BCUT2D eigenvalue weighted by molar-refractivity contribution is 0.0917. The van der Waals surface area contributed by atoms with Gasteiger partial charge in [0, 0.05) is 17.3 Å². The molecule has 0 radical (unpaired) electrons. The monoisotopic (exact) mass is 203 g/mol. The summed E-state index contributed by atoms with van der Waals surface area (Å²) in [6, 6.07) is 5.65. The summed E-state index contributed by atoms with van der Waals surface area (Å²) in [5.74, 6) is 0. The van der Waals surface area contributed by atoms with E-state index in [-0.39, 0.29) is 0 Å². The fourth-order valence-electron chi connectivity index (χ4n) is 1.38. The van der Waals surface area contributed by atoms with E-state index in [0.29, 0.717) is 13.3 Å². The summed E-state index contributed by atoms with van der Waals surface area (Å²) >= 11 is 0. The number of hydrogen-bond donors (Lipinski definition) is 1. The summed E-state index contributed by atoms with van der Waals surface area (Å²) in [4.78, 5) is 0. The zero-order valence-corrected chi connectivity index (χ0v) is 8.39. The maximum Gasteiger partial charge on any atom is 0.139 e. The molecular weight excluding hydrogens is 190 g/mol. The fraction of sp³-hybridized carbons (Fsp3) is 0.182. The first-order chi connectivity index (χ1) is 7.29. The van der Waals surface area contributed by atoms with Crippen molar-refractivity contribution in [1.82, 2.24) is 9.78 Å². The van der Waals surface area contributed by atoms with Crippen molar-refractivity contribution in [1.29, 1.82) is 0 Å². The molecule has 0 atom stereocenters. The first-order valence-corrected chi connectivity index (χ1v) is 4.71. The molecule has 0 spiro atoms. The van der Waals surface area contributed by atoms with Crippen LogP contribution in [-0.4, -0.2) is 16.4 Å². The highest BCUT2D eigenvalue weighted by Crippen LogP contribution is 2.15. The zero-order valence-electron chi connectivity index (χ0n) is 8.39. The van der Waals surface area contributed by atoms with Crippen molar-refractivity contribution in [2.24, 2.45) is 0 Å². The molecule has 0 amide bonds. The number of hydrogen-bond acceptors (Lipinski definition) is 3. The quantitative estimate of drug-likeness (QED) is 0.468. The van der Waals surface area contributed by atoms with E-state index in [2.05, 4.69) is 11.7 Å². The molecule has 4 nitrogen and oxygen atoms in total. The summed E-state index contributed by atoms with van der Waals surface area (Å²) in [6.07, 6.45) is 3.64. The Labute approximate surface area is 87.9 Å². The molecule has 0 fully saturated rings. The minimum absolute atomic E-state index is 0.431. The summed E-state index contributed by atoms with van der Waals surface area (Å²) in [5.41, 5.74) is 7.27. The molecule has 1 aromatic carbocycles. The molecule has 78 valence electrons. The van der Waals surface area contributed by atoms with Crippen molar-refractivity contribution in [2.45, 2.75) is 6.73 Å². The molecule has 4 heteroatoms. The SMILES string of the molecule is C=CCOCn1cc2ccc(N)cc2n1. The van der Waals surface area contributed by atoms with Gasteiger partial charge in [-0.3, -0.25) is 0 Å². The first-order valence-electron chi connectivity index (χ1n) is 4.71. The molecule has 0 aliphatic carbocycles. The summed E-state index contributed by atoms with van der Waals surface area (Å²) in [6.45, 7) is 4.53. The standard InChI is InChI=1S/C11H13N3O/c1-2-5-15-8-14-7-9-3-4-10(12)6-11(9)13-14/h2-4,6-7H,1,5,8,12H2.